The van der Waals surface area contributed by atoms with Gasteiger partial charge in [0.25, 0.3) is 15.9 Å². The van der Waals surface area contributed by atoms with Crippen LogP contribution in [0.2, 0.25) is 0 Å². The van der Waals surface area contributed by atoms with E-state index in [4.69, 9.17) is 0 Å². The minimum absolute atomic E-state index is 0.119. The van der Waals surface area contributed by atoms with Crippen molar-refractivity contribution in [2.24, 2.45) is 0 Å². The van der Waals surface area contributed by atoms with E-state index in [-0.39, 0.29) is 10.8 Å². The zero-order valence-electron chi connectivity index (χ0n) is 15.8. The minimum Gasteiger partial charge on any atom is -0.298 e. The standard InChI is InChI=1S/C20H21N3O3S2/c1-4-18-14(2)27-20(21-18)22-19(24)15-10-12-17(13-11-15)28(25,26)23(3)16-8-6-5-7-9-16/h5-13H,4H2,1-3H3,(H,21,22,24). The van der Waals surface area contributed by atoms with Gasteiger partial charge in [-0.1, -0.05) is 25.1 Å². The van der Waals surface area contributed by atoms with E-state index in [9.17, 15) is 13.2 Å². The highest BCUT2D eigenvalue weighted by atomic mass is 32.2. The van der Waals surface area contributed by atoms with Crippen molar-refractivity contribution in [1.82, 2.24) is 4.98 Å². The van der Waals surface area contributed by atoms with Gasteiger partial charge < -0.3 is 0 Å². The fourth-order valence-corrected chi connectivity index (χ4v) is 4.78. The van der Waals surface area contributed by atoms with E-state index in [1.165, 1.54) is 47.0 Å². The highest BCUT2D eigenvalue weighted by molar-refractivity contribution is 7.92. The van der Waals surface area contributed by atoms with E-state index in [2.05, 4.69) is 10.3 Å². The number of para-hydroxylation sites is 1. The van der Waals surface area contributed by atoms with Gasteiger partial charge in [-0.15, -0.1) is 11.3 Å². The number of carbonyl (C=O) groups is 1. The number of benzene rings is 2. The lowest BCUT2D eigenvalue weighted by atomic mass is 10.2. The van der Waals surface area contributed by atoms with E-state index in [0.717, 1.165) is 17.0 Å². The molecule has 0 bridgehead atoms. The number of aromatic nitrogens is 1. The van der Waals surface area contributed by atoms with Gasteiger partial charge in [-0.25, -0.2) is 13.4 Å². The zero-order valence-corrected chi connectivity index (χ0v) is 17.5. The van der Waals surface area contributed by atoms with E-state index in [1.807, 2.05) is 19.9 Å². The maximum Gasteiger partial charge on any atom is 0.264 e. The molecule has 0 unspecified atom stereocenters. The van der Waals surface area contributed by atoms with Gasteiger partial charge in [0.05, 0.1) is 16.3 Å². The van der Waals surface area contributed by atoms with Gasteiger partial charge in [-0.05, 0) is 49.7 Å². The van der Waals surface area contributed by atoms with E-state index in [1.54, 1.807) is 24.3 Å². The summed E-state index contributed by atoms with van der Waals surface area (Å²) in [4.78, 5) is 18.0. The van der Waals surface area contributed by atoms with Crippen molar-refractivity contribution in [3.63, 3.8) is 0 Å². The molecule has 0 saturated carbocycles. The lowest BCUT2D eigenvalue weighted by molar-refractivity contribution is 0.102. The fraction of sp³-hybridized carbons (Fsp3) is 0.200. The Bertz CT molecular complexity index is 1080. The van der Waals surface area contributed by atoms with Gasteiger partial charge in [0.1, 0.15) is 0 Å². The summed E-state index contributed by atoms with van der Waals surface area (Å²) in [5.74, 6) is -0.322. The Morgan fingerprint density at radius 2 is 1.75 bits per heavy atom. The molecule has 0 saturated heterocycles. The zero-order chi connectivity index (χ0) is 20.3. The van der Waals surface area contributed by atoms with E-state index in [0.29, 0.717) is 16.4 Å². The van der Waals surface area contributed by atoms with Crippen LogP contribution in [0.1, 0.15) is 27.9 Å². The Kier molecular flexibility index (Phi) is 5.81. The maximum absolute atomic E-state index is 12.8. The second-order valence-corrected chi connectivity index (χ2v) is 9.33. The van der Waals surface area contributed by atoms with Crippen LogP contribution in [0.3, 0.4) is 0 Å². The molecule has 0 aliphatic heterocycles. The molecule has 2 aromatic carbocycles. The van der Waals surface area contributed by atoms with Crippen molar-refractivity contribution in [2.75, 3.05) is 16.7 Å². The molecule has 1 aromatic heterocycles. The lowest BCUT2D eigenvalue weighted by Gasteiger charge is -2.19. The number of aryl methyl sites for hydroxylation is 2. The smallest absolute Gasteiger partial charge is 0.264 e. The molecule has 6 nitrogen and oxygen atoms in total. The molecule has 0 aliphatic rings. The van der Waals surface area contributed by atoms with Gasteiger partial charge in [-0.3, -0.25) is 14.4 Å². The first-order valence-electron chi connectivity index (χ1n) is 8.74. The molecule has 0 fully saturated rings. The van der Waals surface area contributed by atoms with E-state index >= 15 is 0 Å². The van der Waals surface area contributed by atoms with Gasteiger partial charge in [0, 0.05) is 17.5 Å². The number of hydrogen-bond acceptors (Lipinski definition) is 5. The molecule has 1 N–H and O–H groups in total. The first-order chi connectivity index (χ1) is 13.3. The molecule has 1 heterocycles. The van der Waals surface area contributed by atoms with Gasteiger partial charge in [-0.2, -0.15) is 0 Å². The Labute approximate surface area is 168 Å². The first kappa shape index (κ1) is 20.0. The SMILES string of the molecule is CCc1nc(NC(=O)c2ccc(S(=O)(=O)N(C)c3ccccc3)cc2)sc1C. The molecule has 0 spiro atoms. The summed E-state index contributed by atoms with van der Waals surface area (Å²) in [5.41, 5.74) is 1.90. The van der Waals surface area contributed by atoms with E-state index < -0.39 is 10.0 Å². The van der Waals surface area contributed by atoms with Crippen LogP contribution in [-0.2, 0) is 16.4 Å². The predicted octanol–water partition coefficient (Wildman–Crippen LogP) is 4.09. The summed E-state index contributed by atoms with van der Waals surface area (Å²) in [5, 5.41) is 3.31. The third kappa shape index (κ3) is 4.07. The van der Waals surface area contributed by atoms with Crippen molar-refractivity contribution in [2.45, 2.75) is 25.2 Å². The highest BCUT2D eigenvalue weighted by Crippen LogP contribution is 2.24. The quantitative estimate of drug-likeness (QED) is 0.658. The van der Waals surface area contributed by atoms with Crippen LogP contribution in [-0.4, -0.2) is 26.4 Å². The maximum atomic E-state index is 12.8. The van der Waals surface area contributed by atoms with Crippen molar-refractivity contribution in [3.8, 4) is 0 Å². The van der Waals surface area contributed by atoms with Crippen LogP contribution in [0.5, 0.6) is 0 Å². The second-order valence-electron chi connectivity index (χ2n) is 6.16. The molecule has 28 heavy (non-hydrogen) atoms. The molecule has 0 atom stereocenters. The summed E-state index contributed by atoms with van der Waals surface area (Å²) in [7, 11) is -2.21. The summed E-state index contributed by atoms with van der Waals surface area (Å²) >= 11 is 1.43. The average molecular weight is 416 g/mol. The molecule has 146 valence electrons. The van der Waals surface area contributed by atoms with Crippen LogP contribution in [0, 0.1) is 6.92 Å². The number of nitrogens with zero attached hydrogens (tertiary/aromatic N) is 2. The van der Waals surface area contributed by atoms with Crippen molar-refractivity contribution >= 4 is 38.1 Å². The van der Waals surface area contributed by atoms with Crippen molar-refractivity contribution in [1.29, 1.82) is 0 Å². The summed E-state index contributed by atoms with van der Waals surface area (Å²) < 4.78 is 26.8. The lowest BCUT2D eigenvalue weighted by Crippen LogP contribution is -2.26. The van der Waals surface area contributed by atoms with Crippen LogP contribution >= 0.6 is 11.3 Å². The number of anilines is 2. The third-order valence-electron chi connectivity index (χ3n) is 4.34. The first-order valence-corrected chi connectivity index (χ1v) is 11.0. The Morgan fingerprint density at radius 1 is 1.11 bits per heavy atom. The van der Waals surface area contributed by atoms with Crippen molar-refractivity contribution < 1.29 is 13.2 Å². The molecule has 3 aromatic rings. The predicted molar refractivity (Wildman–Crippen MR) is 113 cm³/mol. The molecule has 1 amide bonds. The highest BCUT2D eigenvalue weighted by Gasteiger charge is 2.21. The van der Waals surface area contributed by atoms with Crippen LogP contribution < -0.4 is 9.62 Å². The molecule has 8 heteroatoms. The number of rotatable bonds is 6. The topological polar surface area (TPSA) is 79.4 Å². The van der Waals surface area contributed by atoms with Gasteiger partial charge in [0.2, 0.25) is 0 Å². The third-order valence-corrected chi connectivity index (χ3v) is 7.07. The van der Waals surface area contributed by atoms with Gasteiger partial charge >= 0.3 is 0 Å². The number of hydrogen-bond donors (Lipinski definition) is 1. The molecular weight excluding hydrogens is 394 g/mol. The van der Waals surface area contributed by atoms with Gasteiger partial charge in [0.15, 0.2) is 5.13 Å². The summed E-state index contributed by atoms with van der Waals surface area (Å²) in [6, 6.07) is 14.7. The molecule has 0 aliphatic carbocycles. The Balaban J connectivity index is 1.77. The minimum atomic E-state index is -3.71. The van der Waals surface area contributed by atoms with Crippen LogP contribution in [0.4, 0.5) is 10.8 Å². The number of amides is 1. The van der Waals surface area contributed by atoms with Crippen molar-refractivity contribution in [3.05, 3.63) is 70.7 Å². The Morgan fingerprint density at radius 3 is 2.32 bits per heavy atom. The molecule has 3 rings (SSSR count). The Hall–Kier alpha value is -2.71. The normalized spacial score (nSPS) is 11.2. The summed E-state index contributed by atoms with van der Waals surface area (Å²) in [6.07, 6.45) is 0.805. The van der Waals surface area contributed by atoms with Crippen LogP contribution in [0.25, 0.3) is 0 Å². The largest absolute Gasteiger partial charge is 0.298 e. The fourth-order valence-electron chi connectivity index (χ4n) is 2.69. The molecular formula is C20H21N3O3S2. The summed E-state index contributed by atoms with van der Waals surface area (Å²) in [6.45, 7) is 3.98. The number of sulfonamides is 1. The number of nitrogens with one attached hydrogen (secondary N) is 1. The molecule has 0 radical (unpaired) electrons. The number of thiazole rings is 1. The van der Waals surface area contributed by atoms with Crippen LogP contribution in [0.15, 0.2) is 59.5 Å². The number of carbonyl (C=O) groups excluding carboxylic acids is 1. The average Bonchev–Trinajstić information content (AvgIpc) is 3.07. The monoisotopic (exact) mass is 415 g/mol. The second kappa shape index (κ2) is 8.12.